The van der Waals surface area contributed by atoms with Crippen molar-refractivity contribution < 1.29 is 19.0 Å². The highest BCUT2D eigenvalue weighted by Gasteiger charge is 2.41. The Bertz CT molecular complexity index is 347. The fraction of sp³-hybridized carbons (Fsp3) is 0.786. The van der Waals surface area contributed by atoms with Crippen molar-refractivity contribution in [1.82, 2.24) is 5.32 Å². The highest BCUT2D eigenvalue weighted by molar-refractivity contribution is 5.80. The lowest BCUT2D eigenvalue weighted by molar-refractivity contribution is -0.195. The summed E-state index contributed by atoms with van der Waals surface area (Å²) in [6.07, 6.45) is 8.08. The van der Waals surface area contributed by atoms with Gasteiger partial charge >= 0.3 is 0 Å². The summed E-state index contributed by atoms with van der Waals surface area (Å²) in [5, 5.41) is 2.62. The predicted molar refractivity (Wildman–Crippen MR) is 69.3 cm³/mol. The topological polar surface area (TPSA) is 56.8 Å². The van der Waals surface area contributed by atoms with Gasteiger partial charge in [-0.2, -0.15) is 0 Å². The Balaban J connectivity index is 1.73. The predicted octanol–water partition coefficient (Wildman–Crippen LogP) is 0.827. The van der Waals surface area contributed by atoms with Gasteiger partial charge in [0.15, 0.2) is 5.79 Å². The van der Waals surface area contributed by atoms with Crippen molar-refractivity contribution in [2.45, 2.75) is 50.6 Å². The molecule has 1 saturated heterocycles. The van der Waals surface area contributed by atoms with Gasteiger partial charge in [-0.05, 0) is 19.8 Å². The monoisotopic (exact) mass is 267 g/mol. The average Bonchev–Trinajstić information content (AvgIpc) is 2.87. The minimum absolute atomic E-state index is 0.0880. The molecule has 1 saturated carbocycles. The van der Waals surface area contributed by atoms with E-state index in [4.69, 9.17) is 20.6 Å². The molecule has 5 nitrogen and oxygen atoms in total. The molecule has 1 unspecified atom stereocenters. The largest absolute Gasteiger partial charge is 0.365 e. The van der Waals surface area contributed by atoms with Crippen LogP contribution in [0.1, 0.15) is 32.6 Å². The number of carbonyl (C=O) groups excluding carboxylic acids is 1. The summed E-state index contributed by atoms with van der Waals surface area (Å²) in [7, 11) is 0. The Hall–Kier alpha value is -1.09. The fourth-order valence-electron chi connectivity index (χ4n) is 2.59. The first kappa shape index (κ1) is 14.3. The van der Waals surface area contributed by atoms with Gasteiger partial charge in [0, 0.05) is 12.8 Å². The van der Waals surface area contributed by atoms with Gasteiger partial charge in [0.25, 0.3) is 0 Å². The zero-order chi connectivity index (χ0) is 13.7. The summed E-state index contributed by atoms with van der Waals surface area (Å²) in [6.45, 7) is 3.34. The second kappa shape index (κ2) is 6.38. The van der Waals surface area contributed by atoms with Gasteiger partial charge in [0.1, 0.15) is 6.10 Å². The molecule has 0 radical (unpaired) electrons. The molecule has 2 rings (SSSR count). The second-order valence-electron chi connectivity index (χ2n) is 5.01. The van der Waals surface area contributed by atoms with E-state index >= 15 is 0 Å². The number of nitrogens with one attached hydrogen (secondary N) is 1. The molecule has 106 valence electrons. The molecule has 2 aliphatic rings. The van der Waals surface area contributed by atoms with Crippen LogP contribution in [0.25, 0.3) is 0 Å². The molecule has 2 fully saturated rings. The van der Waals surface area contributed by atoms with Gasteiger partial charge in [-0.15, -0.1) is 6.42 Å². The molecule has 19 heavy (non-hydrogen) atoms. The van der Waals surface area contributed by atoms with E-state index in [0.29, 0.717) is 13.2 Å². The van der Waals surface area contributed by atoms with Crippen molar-refractivity contribution >= 4 is 5.91 Å². The van der Waals surface area contributed by atoms with Crippen molar-refractivity contribution in [3.63, 3.8) is 0 Å². The minimum atomic E-state index is -0.474. The summed E-state index contributed by atoms with van der Waals surface area (Å²) in [5.74, 6) is 1.83. The summed E-state index contributed by atoms with van der Waals surface area (Å²) in [4.78, 5) is 11.6. The molecule has 0 aromatic heterocycles. The maximum absolute atomic E-state index is 11.6. The Labute approximate surface area is 114 Å². The Kier molecular flexibility index (Phi) is 4.81. The molecule has 1 amide bonds. The van der Waals surface area contributed by atoms with E-state index in [2.05, 4.69) is 11.2 Å². The number of hydrogen-bond acceptors (Lipinski definition) is 4. The summed E-state index contributed by atoms with van der Waals surface area (Å²) >= 11 is 0. The highest BCUT2D eigenvalue weighted by atomic mass is 16.7. The van der Waals surface area contributed by atoms with Crippen LogP contribution < -0.4 is 5.32 Å². The molecule has 5 heteroatoms. The lowest BCUT2D eigenvalue weighted by Gasteiger charge is -2.35. The van der Waals surface area contributed by atoms with E-state index < -0.39 is 6.10 Å². The van der Waals surface area contributed by atoms with Crippen molar-refractivity contribution in [2.24, 2.45) is 0 Å². The van der Waals surface area contributed by atoms with E-state index in [1.54, 1.807) is 6.92 Å². The SMILES string of the molecule is C#CCNC(=O)C(C)OC1CCC2(CC1)OCCO2. The van der Waals surface area contributed by atoms with Gasteiger partial charge in [0.2, 0.25) is 5.91 Å². The molecule has 1 aliphatic heterocycles. The van der Waals surface area contributed by atoms with Crippen LogP contribution >= 0.6 is 0 Å². The van der Waals surface area contributed by atoms with E-state index in [-0.39, 0.29) is 24.3 Å². The quantitative estimate of drug-likeness (QED) is 0.766. The Morgan fingerprint density at radius 3 is 2.68 bits per heavy atom. The number of terminal acetylenes is 1. The fourth-order valence-corrected chi connectivity index (χ4v) is 2.59. The molecular weight excluding hydrogens is 246 g/mol. The number of carbonyl (C=O) groups is 1. The van der Waals surface area contributed by atoms with Gasteiger partial charge in [0.05, 0.1) is 25.9 Å². The normalized spacial score (nSPS) is 24.0. The van der Waals surface area contributed by atoms with E-state index in [0.717, 1.165) is 25.7 Å². The van der Waals surface area contributed by atoms with Crippen molar-refractivity contribution in [1.29, 1.82) is 0 Å². The van der Waals surface area contributed by atoms with Crippen LogP contribution in [0, 0.1) is 12.3 Å². The molecule has 1 atom stereocenters. The highest BCUT2D eigenvalue weighted by Crippen LogP contribution is 2.36. The lowest BCUT2D eigenvalue weighted by atomic mass is 9.91. The molecule has 0 aromatic carbocycles. The molecule has 1 aliphatic carbocycles. The third kappa shape index (κ3) is 3.69. The molecular formula is C14H21NO4. The standard InChI is InChI=1S/C14H21NO4/c1-3-8-15-13(16)11(2)19-12-4-6-14(7-5-12)17-9-10-18-14/h1,11-12H,4-10H2,2H3,(H,15,16). The van der Waals surface area contributed by atoms with Gasteiger partial charge in [-0.1, -0.05) is 5.92 Å². The minimum Gasteiger partial charge on any atom is -0.365 e. The smallest absolute Gasteiger partial charge is 0.249 e. The van der Waals surface area contributed by atoms with Crippen LogP contribution in [0.3, 0.4) is 0 Å². The Morgan fingerprint density at radius 2 is 2.11 bits per heavy atom. The molecule has 1 spiro atoms. The molecule has 0 aromatic rings. The third-order valence-electron chi connectivity index (χ3n) is 3.64. The van der Waals surface area contributed by atoms with Crippen LogP contribution in [0.5, 0.6) is 0 Å². The van der Waals surface area contributed by atoms with Crippen LogP contribution in [0.2, 0.25) is 0 Å². The number of hydrogen-bond donors (Lipinski definition) is 1. The number of rotatable bonds is 4. The zero-order valence-electron chi connectivity index (χ0n) is 11.3. The first-order chi connectivity index (χ1) is 9.15. The van der Waals surface area contributed by atoms with E-state index in [9.17, 15) is 4.79 Å². The van der Waals surface area contributed by atoms with Gasteiger partial charge in [-0.3, -0.25) is 4.79 Å². The first-order valence-corrected chi connectivity index (χ1v) is 6.80. The average molecular weight is 267 g/mol. The Morgan fingerprint density at radius 1 is 1.47 bits per heavy atom. The second-order valence-corrected chi connectivity index (χ2v) is 5.01. The zero-order valence-corrected chi connectivity index (χ0v) is 11.3. The first-order valence-electron chi connectivity index (χ1n) is 6.80. The van der Waals surface area contributed by atoms with Crippen LogP contribution in [0.15, 0.2) is 0 Å². The van der Waals surface area contributed by atoms with Crippen LogP contribution in [-0.4, -0.2) is 43.7 Å². The van der Waals surface area contributed by atoms with Gasteiger partial charge in [-0.25, -0.2) is 0 Å². The molecule has 1 N–H and O–H groups in total. The molecule has 1 heterocycles. The number of amides is 1. The van der Waals surface area contributed by atoms with Crippen LogP contribution in [0.4, 0.5) is 0 Å². The third-order valence-corrected chi connectivity index (χ3v) is 3.64. The number of ether oxygens (including phenoxy) is 3. The lowest BCUT2D eigenvalue weighted by Crippen LogP contribution is -2.41. The van der Waals surface area contributed by atoms with Crippen molar-refractivity contribution in [2.75, 3.05) is 19.8 Å². The maximum Gasteiger partial charge on any atom is 0.249 e. The summed E-state index contributed by atoms with van der Waals surface area (Å²) in [6, 6.07) is 0. The van der Waals surface area contributed by atoms with Crippen LogP contribution in [-0.2, 0) is 19.0 Å². The summed E-state index contributed by atoms with van der Waals surface area (Å²) < 4.78 is 17.1. The van der Waals surface area contributed by atoms with E-state index in [1.165, 1.54) is 0 Å². The van der Waals surface area contributed by atoms with Crippen molar-refractivity contribution in [3.8, 4) is 12.3 Å². The van der Waals surface area contributed by atoms with E-state index in [1.807, 2.05) is 0 Å². The summed E-state index contributed by atoms with van der Waals surface area (Å²) in [5.41, 5.74) is 0. The van der Waals surface area contributed by atoms with Gasteiger partial charge < -0.3 is 19.5 Å². The molecule has 0 bridgehead atoms. The van der Waals surface area contributed by atoms with Crippen molar-refractivity contribution in [3.05, 3.63) is 0 Å². The maximum atomic E-state index is 11.6.